The number of carbonyl (C=O) groups is 1. The van der Waals surface area contributed by atoms with Gasteiger partial charge in [0.05, 0.1) is 24.9 Å². The first-order valence-corrected chi connectivity index (χ1v) is 6.29. The number of anilines is 1. The van der Waals surface area contributed by atoms with Gasteiger partial charge in [-0.05, 0) is 19.1 Å². The van der Waals surface area contributed by atoms with E-state index in [9.17, 15) is 4.79 Å². The summed E-state index contributed by atoms with van der Waals surface area (Å²) in [5, 5.41) is 3.10. The zero-order valence-corrected chi connectivity index (χ0v) is 11.0. The minimum Gasteiger partial charge on any atom is -0.379 e. The molecule has 18 heavy (non-hydrogen) atoms. The number of carbonyl (C=O) groups excluding carboxylic acids is 1. The summed E-state index contributed by atoms with van der Waals surface area (Å²) in [4.78, 5) is 18.1. The van der Waals surface area contributed by atoms with Gasteiger partial charge < -0.3 is 10.1 Å². The van der Waals surface area contributed by atoms with E-state index >= 15 is 0 Å². The number of morpholine rings is 1. The lowest BCUT2D eigenvalue weighted by Crippen LogP contribution is -2.47. The molecule has 0 bridgehead atoms. The maximum Gasteiger partial charge on any atom is 0.241 e. The van der Waals surface area contributed by atoms with E-state index in [1.165, 1.54) is 0 Å². The van der Waals surface area contributed by atoms with Crippen LogP contribution in [0.1, 0.15) is 6.92 Å². The van der Waals surface area contributed by atoms with Gasteiger partial charge in [-0.2, -0.15) is 0 Å². The molecular formula is C12H16ClN3O2. The minimum absolute atomic E-state index is 0.0770. The Morgan fingerprint density at radius 1 is 1.56 bits per heavy atom. The summed E-state index contributed by atoms with van der Waals surface area (Å²) in [5.74, 6) is -0.0770. The SMILES string of the molecule is C[C@@H](C(=O)Nc1cccnc1Cl)N1CCOCC1. The third-order valence-corrected chi connectivity index (χ3v) is 3.29. The van der Waals surface area contributed by atoms with E-state index in [1.54, 1.807) is 18.3 Å². The van der Waals surface area contributed by atoms with Crippen molar-refractivity contribution in [3.05, 3.63) is 23.5 Å². The molecule has 0 radical (unpaired) electrons. The highest BCUT2D eigenvalue weighted by Crippen LogP contribution is 2.18. The summed E-state index contributed by atoms with van der Waals surface area (Å²) >= 11 is 5.90. The van der Waals surface area contributed by atoms with Crippen molar-refractivity contribution in [3.8, 4) is 0 Å². The fourth-order valence-electron chi connectivity index (χ4n) is 1.85. The minimum atomic E-state index is -0.204. The first kappa shape index (κ1) is 13.3. The van der Waals surface area contributed by atoms with Crippen molar-refractivity contribution in [2.45, 2.75) is 13.0 Å². The third-order valence-electron chi connectivity index (χ3n) is 2.99. The smallest absolute Gasteiger partial charge is 0.241 e. The van der Waals surface area contributed by atoms with Crippen LogP contribution in [0.15, 0.2) is 18.3 Å². The number of amides is 1. The Labute approximate surface area is 111 Å². The molecule has 1 aromatic rings. The van der Waals surface area contributed by atoms with Crippen LogP contribution >= 0.6 is 11.6 Å². The van der Waals surface area contributed by atoms with Crippen LogP contribution in [-0.2, 0) is 9.53 Å². The van der Waals surface area contributed by atoms with Gasteiger partial charge in [-0.15, -0.1) is 0 Å². The molecule has 2 rings (SSSR count). The largest absolute Gasteiger partial charge is 0.379 e. The first-order chi connectivity index (χ1) is 8.68. The van der Waals surface area contributed by atoms with Crippen LogP contribution in [0.2, 0.25) is 5.15 Å². The number of aromatic nitrogens is 1. The lowest BCUT2D eigenvalue weighted by molar-refractivity contribution is -0.122. The first-order valence-electron chi connectivity index (χ1n) is 5.91. The molecule has 2 heterocycles. The van der Waals surface area contributed by atoms with E-state index in [2.05, 4.69) is 15.2 Å². The Kier molecular flexibility index (Phi) is 4.52. The number of hydrogen-bond acceptors (Lipinski definition) is 4. The zero-order valence-electron chi connectivity index (χ0n) is 10.2. The van der Waals surface area contributed by atoms with Crippen LogP contribution in [0.25, 0.3) is 0 Å². The van der Waals surface area contributed by atoms with Gasteiger partial charge in [0.25, 0.3) is 0 Å². The van der Waals surface area contributed by atoms with Crippen molar-refractivity contribution < 1.29 is 9.53 Å². The molecule has 5 nitrogen and oxygen atoms in total. The van der Waals surface area contributed by atoms with Crippen molar-refractivity contribution in [1.29, 1.82) is 0 Å². The maximum absolute atomic E-state index is 12.1. The van der Waals surface area contributed by atoms with E-state index in [0.29, 0.717) is 24.1 Å². The normalized spacial score (nSPS) is 18.3. The van der Waals surface area contributed by atoms with Gasteiger partial charge in [0.2, 0.25) is 5.91 Å². The summed E-state index contributed by atoms with van der Waals surface area (Å²) in [7, 11) is 0. The molecular weight excluding hydrogens is 254 g/mol. The van der Waals surface area contributed by atoms with Gasteiger partial charge >= 0.3 is 0 Å². The Bertz CT molecular complexity index is 422. The lowest BCUT2D eigenvalue weighted by Gasteiger charge is -2.31. The molecule has 0 aromatic carbocycles. The molecule has 1 N–H and O–H groups in total. The summed E-state index contributed by atoms with van der Waals surface area (Å²) in [6, 6.07) is 3.27. The van der Waals surface area contributed by atoms with Gasteiger partial charge in [-0.1, -0.05) is 11.6 Å². The van der Waals surface area contributed by atoms with Crippen molar-refractivity contribution in [2.24, 2.45) is 0 Å². The number of rotatable bonds is 3. The average molecular weight is 270 g/mol. The fraction of sp³-hybridized carbons (Fsp3) is 0.500. The average Bonchev–Trinajstić information content (AvgIpc) is 2.41. The predicted molar refractivity (Wildman–Crippen MR) is 69.7 cm³/mol. The van der Waals surface area contributed by atoms with Crippen LogP contribution in [0.3, 0.4) is 0 Å². The highest BCUT2D eigenvalue weighted by atomic mass is 35.5. The Morgan fingerprint density at radius 3 is 2.94 bits per heavy atom. The quantitative estimate of drug-likeness (QED) is 0.843. The van der Waals surface area contributed by atoms with Crippen molar-refractivity contribution in [1.82, 2.24) is 9.88 Å². The van der Waals surface area contributed by atoms with Crippen molar-refractivity contribution in [2.75, 3.05) is 31.6 Å². The second-order valence-electron chi connectivity index (χ2n) is 4.16. The molecule has 1 amide bonds. The summed E-state index contributed by atoms with van der Waals surface area (Å²) < 4.78 is 5.26. The second-order valence-corrected chi connectivity index (χ2v) is 4.51. The van der Waals surface area contributed by atoms with E-state index in [1.807, 2.05) is 6.92 Å². The molecule has 0 spiro atoms. The molecule has 0 aliphatic carbocycles. The maximum atomic E-state index is 12.1. The number of pyridine rings is 1. The van der Waals surface area contributed by atoms with Crippen molar-refractivity contribution >= 4 is 23.2 Å². The van der Waals surface area contributed by atoms with E-state index in [-0.39, 0.29) is 11.9 Å². The van der Waals surface area contributed by atoms with Gasteiger partial charge in [0.15, 0.2) is 5.15 Å². The van der Waals surface area contributed by atoms with Crippen molar-refractivity contribution in [3.63, 3.8) is 0 Å². The van der Waals surface area contributed by atoms with Gasteiger partial charge in [0, 0.05) is 19.3 Å². The number of ether oxygens (including phenoxy) is 1. The molecule has 0 unspecified atom stereocenters. The van der Waals surface area contributed by atoms with Crippen LogP contribution in [0.5, 0.6) is 0 Å². The molecule has 1 aliphatic heterocycles. The number of nitrogens with zero attached hydrogens (tertiary/aromatic N) is 2. The number of hydrogen-bond donors (Lipinski definition) is 1. The standard InChI is InChI=1S/C12H16ClN3O2/c1-9(16-5-7-18-8-6-16)12(17)15-10-3-2-4-14-11(10)13/h2-4,9H,5-8H2,1H3,(H,15,17)/t9-/m0/s1. The summed E-state index contributed by atoms with van der Waals surface area (Å²) in [5.41, 5.74) is 0.546. The molecule has 1 saturated heterocycles. The monoisotopic (exact) mass is 269 g/mol. The van der Waals surface area contributed by atoms with Crippen LogP contribution < -0.4 is 5.32 Å². The van der Waals surface area contributed by atoms with Gasteiger partial charge in [-0.25, -0.2) is 4.98 Å². The number of nitrogens with one attached hydrogen (secondary N) is 1. The Hall–Kier alpha value is -1.17. The van der Waals surface area contributed by atoms with Crippen LogP contribution in [-0.4, -0.2) is 48.1 Å². The summed E-state index contributed by atoms with van der Waals surface area (Å²) in [6.07, 6.45) is 1.59. The molecule has 6 heteroatoms. The van der Waals surface area contributed by atoms with Gasteiger partial charge in [-0.3, -0.25) is 9.69 Å². The van der Waals surface area contributed by atoms with Crippen LogP contribution in [0.4, 0.5) is 5.69 Å². The topological polar surface area (TPSA) is 54.5 Å². The lowest BCUT2D eigenvalue weighted by atomic mass is 10.2. The zero-order chi connectivity index (χ0) is 13.0. The highest BCUT2D eigenvalue weighted by Gasteiger charge is 2.23. The molecule has 1 fully saturated rings. The third kappa shape index (κ3) is 3.19. The highest BCUT2D eigenvalue weighted by molar-refractivity contribution is 6.32. The van der Waals surface area contributed by atoms with E-state index < -0.39 is 0 Å². The summed E-state index contributed by atoms with van der Waals surface area (Å²) in [6.45, 7) is 4.77. The second kappa shape index (κ2) is 6.13. The van der Waals surface area contributed by atoms with Crippen LogP contribution in [0, 0.1) is 0 Å². The van der Waals surface area contributed by atoms with Gasteiger partial charge in [0.1, 0.15) is 0 Å². The molecule has 0 saturated carbocycles. The number of halogens is 1. The van der Waals surface area contributed by atoms with E-state index in [4.69, 9.17) is 16.3 Å². The molecule has 1 aliphatic rings. The Morgan fingerprint density at radius 2 is 2.28 bits per heavy atom. The fourth-order valence-corrected chi connectivity index (χ4v) is 2.01. The molecule has 1 atom stereocenters. The molecule has 98 valence electrons. The van der Waals surface area contributed by atoms with E-state index in [0.717, 1.165) is 13.1 Å². The Balaban J connectivity index is 1.97. The predicted octanol–water partition coefficient (Wildman–Crippen LogP) is 1.39. The molecule has 1 aromatic heterocycles.